The zero-order chi connectivity index (χ0) is 25.0. The molecule has 0 aliphatic heterocycles. The largest absolute Gasteiger partial charge is 0.479 e. The minimum Gasteiger partial charge on any atom is -0.479 e. The molecule has 182 valence electrons. The summed E-state index contributed by atoms with van der Waals surface area (Å²) in [6.45, 7) is 0.966. The van der Waals surface area contributed by atoms with Crippen LogP contribution in [-0.4, -0.2) is 68.5 Å². The van der Waals surface area contributed by atoms with Gasteiger partial charge < -0.3 is 25.6 Å². The van der Waals surface area contributed by atoms with E-state index in [0.717, 1.165) is 22.3 Å². The molecule has 4 rings (SSSR count). The SMILES string of the molecule is CC(CO)(NC(=O)c1cn(CCNC(=O)OCC2c3ccccc3-c3ccccc32)nn1)C(=O)O. The molecule has 1 aromatic heterocycles. The van der Waals surface area contributed by atoms with E-state index in [1.807, 2.05) is 36.4 Å². The molecule has 1 atom stereocenters. The minimum atomic E-state index is -1.84. The number of carbonyl (C=O) groups excluding carboxylic acids is 2. The summed E-state index contributed by atoms with van der Waals surface area (Å²) in [6, 6.07) is 16.1. The van der Waals surface area contributed by atoms with Gasteiger partial charge in [-0.05, 0) is 29.2 Å². The Morgan fingerprint density at radius 1 is 1.09 bits per heavy atom. The van der Waals surface area contributed by atoms with Gasteiger partial charge in [-0.3, -0.25) is 4.79 Å². The molecule has 1 aliphatic carbocycles. The Labute approximate surface area is 200 Å². The number of benzene rings is 2. The lowest BCUT2D eigenvalue weighted by Gasteiger charge is -2.22. The number of ether oxygens (including phenoxy) is 1. The molecule has 4 N–H and O–H groups in total. The summed E-state index contributed by atoms with van der Waals surface area (Å²) in [5.74, 6) is -2.22. The normalized spacial score (nSPS) is 13.9. The van der Waals surface area contributed by atoms with E-state index in [9.17, 15) is 19.5 Å². The number of aromatic nitrogens is 3. The summed E-state index contributed by atoms with van der Waals surface area (Å²) >= 11 is 0. The molecule has 0 spiro atoms. The number of nitrogens with one attached hydrogen (secondary N) is 2. The number of aliphatic hydroxyl groups excluding tert-OH is 1. The number of aliphatic carboxylic acids is 1. The standard InChI is InChI=1S/C24H25N5O6/c1-24(14-30,22(32)33)26-21(31)20-12-29(28-27-20)11-10-25-23(34)35-13-19-17-8-4-2-6-15(17)16-7-3-5-9-18(16)19/h2-9,12,19,30H,10-11,13-14H2,1H3,(H,25,34)(H,26,31)(H,32,33). The summed E-state index contributed by atoms with van der Waals surface area (Å²) in [7, 11) is 0. The molecule has 3 aromatic rings. The third-order valence-corrected chi connectivity index (χ3v) is 5.90. The zero-order valence-electron chi connectivity index (χ0n) is 19.0. The van der Waals surface area contributed by atoms with Crippen LogP contribution in [0.25, 0.3) is 11.1 Å². The van der Waals surface area contributed by atoms with Crippen molar-refractivity contribution in [1.82, 2.24) is 25.6 Å². The number of alkyl carbamates (subject to hydrolysis) is 1. The molecule has 35 heavy (non-hydrogen) atoms. The van der Waals surface area contributed by atoms with Crippen LogP contribution in [0.4, 0.5) is 4.79 Å². The van der Waals surface area contributed by atoms with Crippen molar-refractivity contribution in [2.24, 2.45) is 0 Å². The minimum absolute atomic E-state index is 0.0417. The third-order valence-electron chi connectivity index (χ3n) is 5.90. The van der Waals surface area contributed by atoms with Crippen molar-refractivity contribution in [2.75, 3.05) is 19.8 Å². The van der Waals surface area contributed by atoms with Crippen LogP contribution in [-0.2, 0) is 16.1 Å². The van der Waals surface area contributed by atoms with Crippen LogP contribution in [0.1, 0.15) is 34.5 Å². The Morgan fingerprint density at radius 3 is 2.31 bits per heavy atom. The number of nitrogens with zero attached hydrogens (tertiary/aromatic N) is 3. The van der Waals surface area contributed by atoms with Crippen molar-refractivity contribution < 1.29 is 29.3 Å². The fraction of sp³-hybridized carbons (Fsp3) is 0.292. The van der Waals surface area contributed by atoms with Crippen LogP contribution in [0, 0.1) is 0 Å². The first-order chi connectivity index (χ1) is 16.8. The number of rotatable bonds is 9. The molecule has 11 heteroatoms. The number of fused-ring (bicyclic) bond motifs is 3. The summed E-state index contributed by atoms with van der Waals surface area (Å²) in [6.07, 6.45) is 0.735. The van der Waals surface area contributed by atoms with Crippen molar-refractivity contribution >= 4 is 18.0 Å². The van der Waals surface area contributed by atoms with Gasteiger partial charge in [0.15, 0.2) is 11.2 Å². The first-order valence-electron chi connectivity index (χ1n) is 11.0. The number of hydrogen-bond donors (Lipinski definition) is 4. The fourth-order valence-corrected chi connectivity index (χ4v) is 3.91. The van der Waals surface area contributed by atoms with Crippen LogP contribution < -0.4 is 10.6 Å². The molecule has 0 saturated carbocycles. The summed E-state index contributed by atoms with van der Waals surface area (Å²) in [5.41, 5.74) is 2.57. The Kier molecular flexibility index (Phi) is 6.78. The van der Waals surface area contributed by atoms with Gasteiger partial charge in [0.05, 0.1) is 19.3 Å². The van der Waals surface area contributed by atoms with Gasteiger partial charge in [0.25, 0.3) is 5.91 Å². The molecule has 0 saturated heterocycles. The molecule has 1 heterocycles. The van der Waals surface area contributed by atoms with Crippen LogP contribution >= 0.6 is 0 Å². The van der Waals surface area contributed by atoms with E-state index in [1.165, 1.54) is 17.8 Å². The summed E-state index contributed by atoms with van der Waals surface area (Å²) < 4.78 is 6.80. The number of hydrogen-bond acceptors (Lipinski definition) is 7. The third kappa shape index (κ3) is 4.99. The van der Waals surface area contributed by atoms with Crippen LogP contribution in [0.5, 0.6) is 0 Å². The molecule has 0 fully saturated rings. The maximum atomic E-state index is 12.3. The Morgan fingerprint density at radius 2 is 1.71 bits per heavy atom. The van der Waals surface area contributed by atoms with Gasteiger partial charge >= 0.3 is 12.1 Å². The highest BCUT2D eigenvalue weighted by Gasteiger charge is 2.35. The predicted molar refractivity (Wildman–Crippen MR) is 124 cm³/mol. The van der Waals surface area contributed by atoms with Crippen molar-refractivity contribution in [3.8, 4) is 11.1 Å². The molecule has 11 nitrogen and oxygen atoms in total. The predicted octanol–water partition coefficient (Wildman–Crippen LogP) is 1.38. The van der Waals surface area contributed by atoms with Gasteiger partial charge in [0.1, 0.15) is 6.61 Å². The Balaban J connectivity index is 1.27. The number of carboxylic acids is 1. The smallest absolute Gasteiger partial charge is 0.407 e. The van der Waals surface area contributed by atoms with E-state index in [0.29, 0.717) is 0 Å². The monoisotopic (exact) mass is 479 g/mol. The lowest BCUT2D eigenvalue weighted by molar-refractivity contribution is -0.145. The van der Waals surface area contributed by atoms with Crippen LogP contribution in [0.3, 0.4) is 0 Å². The number of aliphatic hydroxyl groups is 1. The van der Waals surface area contributed by atoms with Crippen LogP contribution in [0.2, 0.25) is 0 Å². The first kappa shape index (κ1) is 23.9. The Hall–Kier alpha value is -4.25. The van der Waals surface area contributed by atoms with E-state index in [-0.39, 0.29) is 31.3 Å². The number of amides is 2. The second-order valence-electron chi connectivity index (χ2n) is 8.37. The number of carboxylic acid groups (broad SMARTS) is 1. The van der Waals surface area contributed by atoms with E-state index in [4.69, 9.17) is 9.84 Å². The van der Waals surface area contributed by atoms with Gasteiger partial charge in [0, 0.05) is 12.5 Å². The molecule has 0 radical (unpaired) electrons. The highest BCUT2D eigenvalue weighted by Crippen LogP contribution is 2.44. The van der Waals surface area contributed by atoms with E-state index >= 15 is 0 Å². The molecule has 2 aromatic carbocycles. The van der Waals surface area contributed by atoms with Gasteiger partial charge in [0.2, 0.25) is 0 Å². The highest BCUT2D eigenvalue weighted by atomic mass is 16.5. The average molecular weight is 479 g/mol. The lowest BCUT2D eigenvalue weighted by atomic mass is 9.98. The van der Waals surface area contributed by atoms with Gasteiger partial charge in [-0.1, -0.05) is 53.7 Å². The van der Waals surface area contributed by atoms with E-state index in [1.54, 1.807) is 0 Å². The Bertz CT molecular complexity index is 1210. The second kappa shape index (κ2) is 9.94. The molecule has 1 aliphatic rings. The average Bonchev–Trinajstić information content (AvgIpc) is 3.45. The molecule has 2 amide bonds. The summed E-state index contributed by atoms with van der Waals surface area (Å²) in [5, 5.41) is 30.7. The maximum absolute atomic E-state index is 12.3. The lowest BCUT2D eigenvalue weighted by Crippen LogP contribution is -2.55. The van der Waals surface area contributed by atoms with Gasteiger partial charge in [-0.15, -0.1) is 5.10 Å². The van der Waals surface area contributed by atoms with Crippen LogP contribution in [0.15, 0.2) is 54.7 Å². The van der Waals surface area contributed by atoms with Gasteiger partial charge in [-0.2, -0.15) is 0 Å². The van der Waals surface area contributed by atoms with Crippen molar-refractivity contribution in [1.29, 1.82) is 0 Å². The fourth-order valence-electron chi connectivity index (χ4n) is 3.91. The maximum Gasteiger partial charge on any atom is 0.407 e. The molecular formula is C24H25N5O6. The van der Waals surface area contributed by atoms with Crippen molar-refractivity contribution in [3.63, 3.8) is 0 Å². The first-order valence-corrected chi connectivity index (χ1v) is 11.0. The molecule has 1 unspecified atom stereocenters. The zero-order valence-corrected chi connectivity index (χ0v) is 19.0. The van der Waals surface area contributed by atoms with E-state index in [2.05, 4.69) is 33.1 Å². The molecular weight excluding hydrogens is 454 g/mol. The highest BCUT2D eigenvalue weighted by molar-refractivity contribution is 5.96. The topological polar surface area (TPSA) is 156 Å². The quantitative estimate of drug-likeness (QED) is 0.359. The second-order valence-corrected chi connectivity index (χ2v) is 8.37. The molecule has 0 bridgehead atoms. The van der Waals surface area contributed by atoms with Gasteiger partial charge in [-0.25, -0.2) is 14.3 Å². The number of carbonyl (C=O) groups is 3. The van der Waals surface area contributed by atoms with Crippen molar-refractivity contribution in [2.45, 2.75) is 24.9 Å². The van der Waals surface area contributed by atoms with E-state index < -0.39 is 30.1 Å². The summed E-state index contributed by atoms with van der Waals surface area (Å²) in [4.78, 5) is 35.7. The van der Waals surface area contributed by atoms with Crippen molar-refractivity contribution in [3.05, 3.63) is 71.5 Å².